The monoisotopic (exact) mass is 368 g/mol. The van der Waals surface area contributed by atoms with Crippen molar-refractivity contribution in [2.24, 2.45) is 17.8 Å². The standard InChI is InChI=1S/C27H44/c1-2-3-4-5-6-7-9-12-23-15-17-25(18-16-23)27-21-19-26(20-22-27)24-13-10-8-11-14-24/h8,10-11,13-14,23,25-27H,2-7,9,12,15-22H2,1H3. The molecule has 0 unspecified atom stereocenters. The van der Waals surface area contributed by atoms with Gasteiger partial charge in [0.05, 0.1) is 0 Å². The summed E-state index contributed by atoms with van der Waals surface area (Å²) in [5.74, 6) is 4.02. The highest BCUT2D eigenvalue weighted by Gasteiger charge is 2.31. The summed E-state index contributed by atoms with van der Waals surface area (Å²) >= 11 is 0. The van der Waals surface area contributed by atoms with Gasteiger partial charge in [0.1, 0.15) is 0 Å². The SMILES string of the molecule is CCCCCCCCCC1CCC(C2CCC(c3ccccc3)CC2)CC1. The van der Waals surface area contributed by atoms with Crippen molar-refractivity contribution in [2.45, 2.75) is 116 Å². The van der Waals surface area contributed by atoms with Gasteiger partial charge >= 0.3 is 0 Å². The second kappa shape index (κ2) is 11.9. The highest BCUT2D eigenvalue weighted by Crippen LogP contribution is 2.44. The fraction of sp³-hybridized carbons (Fsp3) is 0.778. The van der Waals surface area contributed by atoms with Crippen LogP contribution in [0.4, 0.5) is 0 Å². The molecular formula is C27H44. The van der Waals surface area contributed by atoms with Crippen LogP contribution in [-0.4, -0.2) is 0 Å². The van der Waals surface area contributed by atoms with Crippen molar-refractivity contribution >= 4 is 0 Å². The lowest BCUT2D eigenvalue weighted by atomic mass is 9.68. The fourth-order valence-electron chi connectivity index (χ4n) is 5.99. The molecule has 2 saturated carbocycles. The zero-order chi connectivity index (χ0) is 18.7. The number of rotatable bonds is 10. The minimum Gasteiger partial charge on any atom is -0.0654 e. The molecule has 2 aliphatic rings. The normalized spacial score (nSPS) is 28.9. The van der Waals surface area contributed by atoms with E-state index in [1.807, 2.05) is 0 Å². The van der Waals surface area contributed by atoms with Gasteiger partial charge < -0.3 is 0 Å². The van der Waals surface area contributed by atoms with E-state index in [2.05, 4.69) is 37.3 Å². The minimum atomic E-state index is 0.844. The van der Waals surface area contributed by atoms with Crippen molar-refractivity contribution in [3.63, 3.8) is 0 Å². The fourth-order valence-corrected chi connectivity index (χ4v) is 5.99. The molecule has 0 heteroatoms. The van der Waals surface area contributed by atoms with Crippen LogP contribution in [0.5, 0.6) is 0 Å². The number of unbranched alkanes of at least 4 members (excludes halogenated alkanes) is 6. The van der Waals surface area contributed by atoms with E-state index < -0.39 is 0 Å². The third-order valence-corrected chi connectivity index (χ3v) is 7.82. The Kier molecular flexibility index (Phi) is 9.25. The molecule has 27 heavy (non-hydrogen) atoms. The maximum Gasteiger partial charge on any atom is -0.0162 e. The lowest BCUT2D eigenvalue weighted by Crippen LogP contribution is -2.25. The second-order valence-electron chi connectivity index (χ2n) is 9.71. The van der Waals surface area contributed by atoms with Crippen LogP contribution in [0.3, 0.4) is 0 Å². The van der Waals surface area contributed by atoms with Crippen molar-refractivity contribution in [1.29, 1.82) is 0 Å². The molecule has 0 bridgehead atoms. The van der Waals surface area contributed by atoms with Gasteiger partial charge in [-0.05, 0) is 67.8 Å². The van der Waals surface area contributed by atoms with Gasteiger partial charge in [-0.15, -0.1) is 0 Å². The number of hydrogen-bond acceptors (Lipinski definition) is 0. The Balaban J connectivity index is 1.27. The van der Waals surface area contributed by atoms with Crippen LogP contribution < -0.4 is 0 Å². The van der Waals surface area contributed by atoms with Crippen LogP contribution >= 0.6 is 0 Å². The van der Waals surface area contributed by atoms with Gasteiger partial charge in [0.15, 0.2) is 0 Å². The minimum absolute atomic E-state index is 0.844. The molecule has 0 spiro atoms. The van der Waals surface area contributed by atoms with Crippen molar-refractivity contribution in [3.05, 3.63) is 35.9 Å². The second-order valence-corrected chi connectivity index (χ2v) is 9.71. The van der Waals surface area contributed by atoms with Crippen LogP contribution in [0.15, 0.2) is 30.3 Å². The molecule has 0 N–H and O–H groups in total. The Labute approximate surface area is 169 Å². The first-order valence-corrected chi connectivity index (χ1v) is 12.4. The van der Waals surface area contributed by atoms with Crippen LogP contribution in [0, 0.1) is 17.8 Å². The van der Waals surface area contributed by atoms with Crippen LogP contribution in [-0.2, 0) is 0 Å². The molecule has 0 amide bonds. The Hall–Kier alpha value is -0.780. The number of hydrogen-bond donors (Lipinski definition) is 0. The van der Waals surface area contributed by atoms with E-state index in [0.717, 1.165) is 23.7 Å². The van der Waals surface area contributed by atoms with Gasteiger partial charge in [-0.1, -0.05) is 101 Å². The summed E-state index contributed by atoms with van der Waals surface area (Å²) < 4.78 is 0. The van der Waals surface area contributed by atoms with Crippen molar-refractivity contribution in [2.75, 3.05) is 0 Å². The molecule has 0 atom stereocenters. The van der Waals surface area contributed by atoms with Gasteiger partial charge in [0.2, 0.25) is 0 Å². The molecular weight excluding hydrogens is 324 g/mol. The Morgan fingerprint density at radius 2 is 1.19 bits per heavy atom. The first-order chi connectivity index (χ1) is 13.4. The van der Waals surface area contributed by atoms with Gasteiger partial charge in [0.25, 0.3) is 0 Å². The van der Waals surface area contributed by atoms with Crippen LogP contribution in [0.25, 0.3) is 0 Å². The summed E-state index contributed by atoms with van der Waals surface area (Å²) in [4.78, 5) is 0. The summed E-state index contributed by atoms with van der Waals surface area (Å²) in [7, 11) is 0. The lowest BCUT2D eigenvalue weighted by molar-refractivity contribution is 0.155. The first-order valence-electron chi connectivity index (χ1n) is 12.4. The molecule has 2 fully saturated rings. The summed E-state index contributed by atoms with van der Waals surface area (Å²) in [6.45, 7) is 2.31. The van der Waals surface area contributed by atoms with E-state index in [9.17, 15) is 0 Å². The molecule has 0 radical (unpaired) electrons. The first kappa shape index (κ1) is 20.9. The molecule has 3 rings (SSSR count). The molecule has 2 aliphatic carbocycles. The molecule has 0 nitrogen and oxygen atoms in total. The molecule has 1 aromatic carbocycles. The van der Waals surface area contributed by atoms with Crippen molar-refractivity contribution in [3.8, 4) is 0 Å². The lowest BCUT2D eigenvalue weighted by Gasteiger charge is -2.38. The highest BCUT2D eigenvalue weighted by molar-refractivity contribution is 5.19. The Bertz CT molecular complexity index is 474. The van der Waals surface area contributed by atoms with E-state index in [-0.39, 0.29) is 0 Å². The van der Waals surface area contributed by atoms with Gasteiger partial charge in [-0.3, -0.25) is 0 Å². The van der Waals surface area contributed by atoms with Crippen molar-refractivity contribution in [1.82, 2.24) is 0 Å². The third-order valence-electron chi connectivity index (χ3n) is 7.82. The largest absolute Gasteiger partial charge is 0.0654 e. The van der Waals surface area contributed by atoms with E-state index in [1.165, 1.54) is 77.0 Å². The van der Waals surface area contributed by atoms with E-state index in [1.54, 1.807) is 31.2 Å². The molecule has 0 aliphatic heterocycles. The maximum absolute atomic E-state index is 2.35. The van der Waals surface area contributed by atoms with Crippen molar-refractivity contribution < 1.29 is 0 Å². The average Bonchev–Trinajstić information content (AvgIpc) is 2.74. The third kappa shape index (κ3) is 6.95. The zero-order valence-corrected chi connectivity index (χ0v) is 18.0. The van der Waals surface area contributed by atoms with Crippen LogP contribution in [0.1, 0.15) is 121 Å². The zero-order valence-electron chi connectivity index (χ0n) is 18.0. The maximum atomic E-state index is 2.35. The van der Waals surface area contributed by atoms with E-state index in [4.69, 9.17) is 0 Å². The number of benzene rings is 1. The summed E-state index contributed by atoms with van der Waals surface area (Å²) in [6, 6.07) is 11.3. The van der Waals surface area contributed by atoms with E-state index in [0.29, 0.717) is 0 Å². The predicted octanol–water partition coefficient (Wildman–Crippen LogP) is 8.91. The van der Waals surface area contributed by atoms with E-state index >= 15 is 0 Å². The van der Waals surface area contributed by atoms with Crippen LogP contribution in [0.2, 0.25) is 0 Å². The molecule has 0 heterocycles. The smallest absolute Gasteiger partial charge is 0.0162 e. The molecule has 1 aromatic rings. The average molecular weight is 369 g/mol. The summed E-state index contributed by atoms with van der Waals surface area (Å²) in [6.07, 6.45) is 23.8. The predicted molar refractivity (Wildman–Crippen MR) is 119 cm³/mol. The topological polar surface area (TPSA) is 0 Å². The Morgan fingerprint density at radius 3 is 1.81 bits per heavy atom. The quantitative estimate of drug-likeness (QED) is 0.362. The van der Waals surface area contributed by atoms with Gasteiger partial charge in [-0.2, -0.15) is 0 Å². The Morgan fingerprint density at radius 1 is 0.630 bits per heavy atom. The summed E-state index contributed by atoms with van der Waals surface area (Å²) in [5, 5.41) is 0. The molecule has 0 aromatic heterocycles. The van der Waals surface area contributed by atoms with Gasteiger partial charge in [-0.25, -0.2) is 0 Å². The highest BCUT2D eigenvalue weighted by atomic mass is 14.4. The molecule has 152 valence electrons. The van der Waals surface area contributed by atoms with Gasteiger partial charge in [0, 0.05) is 0 Å². The summed E-state index contributed by atoms with van der Waals surface area (Å²) in [5.41, 5.74) is 1.59. The molecule has 0 saturated heterocycles.